The van der Waals surface area contributed by atoms with Crippen LogP contribution in [0.15, 0.2) is 0 Å². The molecule has 0 aromatic rings. The van der Waals surface area contributed by atoms with Crippen molar-refractivity contribution in [2.75, 3.05) is 26.7 Å². The van der Waals surface area contributed by atoms with Crippen molar-refractivity contribution in [3.8, 4) is 0 Å². The second-order valence-corrected chi connectivity index (χ2v) is 7.00. The highest BCUT2D eigenvalue weighted by Crippen LogP contribution is 2.29. The average Bonchev–Trinajstić information content (AvgIpc) is 2.96. The lowest BCUT2D eigenvalue weighted by Gasteiger charge is -2.40. The maximum absolute atomic E-state index is 12.8. The van der Waals surface area contributed by atoms with Crippen LogP contribution in [0.4, 0.5) is 0 Å². The molecule has 5 heteroatoms. The first kappa shape index (κ1) is 16.3. The predicted molar refractivity (Wildman–Crippen MR) is 82.9 cm³/mol. The number of carbonyl (C=O) groups excluding carboxylic acids is 2. The fourth-order valence-corrected chi connectivity index (χ4v) is 3.57. The summed E-state index contributed by atoms with van der Waals surface area (Å²) in [5.41, 5.74) is -0.630. The fourth-order valence-electron chi connectivity index (χ4n) is 3.57. The van der Waals surface area contributed by atoms with Gasteiger partial charge in [-0.25, -0.2) is 0 Å². The van der Waals surface area contributed by atoms with Gasteiger partial charge in [0.25, 0.3) is 0 Å². The SMILES string of the molecule is CNC(=O)C(C)(C)N1CCC[C@H]1C(=O)N1CCC(C)CC1. The summed E-state index contributed by atoms with van der Waals surface area (Å²) in [6, 6.07) is -0.134. The molecule has 2 amide bonds. The van der Waals surface area contributed by atoms with Crippen molar-refractivity contribution in [1.29, 1.82) is 0 Å². The van der Waals surface area contributed by atoms with Crippen molar-refractivity contribution in [2.24, 2.45) is 5.92 Å². The van der Waals surface area contributed by atoms with Gasteiger partial charge in [-0.3, -0.25) is 14.5 Å². The molecule has 0 spiro atoms. The van der Waals surface area contributed by atoms with Crippen LogP contribution in [0.2, 0.25) is 0 Å². The Hall–Kier alpha value is -1.10. The van der Waals surface area contributed by atoms with Crippen LogP contribution >= 0.6 is 0 Å². The number of likely N-dealkylation sites (tertiary alicyclic amines) is 2. The third-order valence-corrected chi connectivity index (χ3v) is 5.13. The van der Waals surface area contributed by atoms with Crippen molar-refractivity contribution in [1.82, 2.24) is 15.1 Å². The summed E-state index contributed by atoms with van der Waals surface area (Å²) in [7, 11) is 1.66. The molecule has 0 bridgehead atoms. The van der Waals surface area contributed by atoms with Crippen LogP contribution < -0.4 is 5.32 Å². The molecule has 0 saturated carbocycles. The zero-order chi connectivity index (χ0) is 15.6. The van der Waals surface area contributed by atoms with Gasteiger partial charge in [-0.2, -0.15) is 0 Å². The number of carbonyl (C=O) groups is 2. The smallest absolute Gasteiger partial charge is 0.239 e. The van der Waals surface area contributed by atoms with Gasteiger partial charge in [0.1, 0.15) is 0 Å². The molecule has 0 aromatic carbocycles. The van der Waals surface area contributed by atoms with E-state index in [1.165, 1.54) is 0 Å². The van der Waals surface area contributed by atoms with Gasteiger partial charge < -0.3 is 10.2 Å². The van der Waals surface area contributed by atoms with E-state index in [0.29, 0.717) is 0 Å². The zero-order valence-corrected chi connectivity index (χ0v) is 13.8. The van der Waals surface area contributed by atoms with Crippen molar-refractivity contribution >= 4 is 11.8 Å². The normalized spacial score (nSPS) is 25.1. The highest BCUT2D eigenvalue weighted by molar-refractivity contribution is 5.88. The molecule has 21 heavy (non-hydrogen) atoms. The van der Waals surface area contributed by atoms with E-state index in [-0.39, 0.29) is 17.9 Å². The van der Waals surface area contributed by atoms with Crippen molar-refractivity contribution < 1.29 is 9.59 Å². The minimum absolute atomic E-state index is 0.0190. The van der Waals surface area contributed by atoms with Gasteiger partial charge in [-0.1, -0.05) is 6.92 Å². The Morgan fingerprint density at radius 3 is 2.29 bits per heavy atom. The minimum atomic E-state index is -0.630. The predicted octanol–water partition coefficient (Wildman–Crippen LogP) is 1.23. The van der Waals surface area contributed by atoms with Crippen LogP contribution in [0.5, 0.6) is 0 Å². The molecule has 2 saturated heterocycles. The topological polar surface area (TPSA) is 52.7 Å². The molecule has 2 rings (SSSR count). The Bertz CT molecular complexity index is 400. The van der Waals surface area contributed by atoms with Gasteiger partial charge in [0, 0.05) is 26.7 Å². The molecule has 1 atom stereocenters. The Balaban J connectivity index is 2.07. The Kier molecular flexibility index (Phi) is 4.91. The maximum atomic E-state index is 12.8. The molecule has 2 fully saturated rings. The van der Waals surface area contributed by atoms with Crippen LogP contribution in [0, 0.1) is 5.92 Å². The Morgan fingerprint density at radius 1 is 1.10 bits per heavy atom. The van der Waals surface area contributed by atoms with Crippen LogP contribution in [-0.2, 0) is 9.59 Å². The average molecular weight is 295 g/mol. The lowest BCUT2D eigenvalue weighted by atomic mass is 9.97. The third kappa shape index (κ3) is 3.23. The Morgan fingerprint density at radius 2 is 1.71 bits per heavy atom. The number of likely N-dealkylation sites (N-methyl/N-ethyl adjacent to an activating group) is 1. The number of nitrogens with zero attached hydrogens (tertiary/aromatic N) is 2. The number of piperidine rings is 1. The van der Waals surface area contributed by atoms with E-state index in [1.54, 1.807) is 7.05 Å². The van der Waals surface area contributed by atoms with E-state index in [0.717, 1.165) is 51.2 Å². The van der Waals surface area contributed by atoms with Gasteiger partial charge in [-0.15, -0.1) is 0 Å². The van der Waals surface area contributed by atoms with Gasteiger partial charge in [0.2, 0.25) is 11.8 Å². The number of nitrogens with one attached hydrogen (secondary N) is 1. The van der Waals surface area contributed by atoms with E-state index in [9.17, 15) is 9.59 Å². The quantitative estimate of drug-likeness (QED) is 0.852. The minimum Gasteiger partial charge on any atom is -0.358 e. The molecular weight excluding hydrogens is 266 g/mol. The summed E-state index contributed by atoms with van der Waals surface area (Å²) < 4.78 is 0. The van der Waals surface area contributed by atoms with Crippen LogP contribution in [0.25, 0.3) is 0 Å². The Labute approximate surface area is 128 Å². The number of hydrogen-bond acceptors (Lipinski definition) is 3. The number of hydrogen-bond donors (Lipinski definition) is 1. The van der Waals surface area contributed by atoms with E-state index in [4.69, 9.17) is 0 Å². The third-order valence-electron chi connectivity index (χ3n) is 5.13. The van der Waals surface area contributed by atoms with Crippen LogP contribution in [0.1, 0.15) is 46.5 Å². The number of amides is 2. The number of rotatable bonds is 3. The summed E-state index contributed by atoms with van der Waals surface area (Å²) >= 11 is 0. The van der Waals surface area contributed by atoms with E-state index < -0.39 is 5.54 Å². The molecule has 5 nitrogen and oxygen atoms in total. The first-order chi connectivity index (χ1) is 9.87. The monoisotopic (exact) mass is 295 g/mol. The molecule has 2 heterocycles. The molecule has 0 aromatic heterocycles. The molecule has 1 N–H and O–H groups in total. The van der Waals surface area contributed by atoms with E-state index >= 15 is 0 Å². The zero-order valence-electron chi connectivity index (χ0n) is 13.8. The largest absolute Gasteiger partial charge is 0.358 e. The van der Waals surface area contributed by atoms with Crippen molar-refractivity contribution in [3.63, 3.8) is 0 Å². The molecule has 0 radical (unpaired) electrons. The van der Waals surface area contributed by atoms with Gasteiger partial charge in [0.05, 0.1) is 11.6 Å². The van der Waals surface area contributed by atoms with E-state index in [1.807, 2.05) is 18.7 Å². The highest BCUT2D eigenvalue weighted by Gasteiger charge is 2.44. The lowest BCUT2D eigenvalue weighted by Crippen LogP contribution is -2.59. The molecule has 0 unspecified atom stereocenters. The fraction of sp³-hybridized carbons (Fsp3) is 0.875. The molecule has 2 aliphatic heterocycles. The van der Waals surface area contributed by atoms with Gasteiger partial charge in [0.15, 0.2) is 0 Å². The van der Waals surface area contributed by atoms with Crippen molar-refractivity contribution in [3.05, 3.63) is 0 Å². The molecular formula is C16H29N3O2. The summed E-state index contributed by atoms with van der Waals surface area (Å²) in [5.74, 6) is 0.918. The first-order valence-corrected chi connectivity index (χ1v) is 8.15. The second kappa shape index (κ2) is 6.34. The van der Waals surface area contributed by atoms with Crippen molar-refractivity contribution in [2.45, 2.75) is 58.0 Å². The van der Waals surface area contributed by atoms with Crippen LogP contribution in [-0.4, -0.2) is 59.9 Å². The van der Waals surface area contributed by atoms with Gasteiger partial charge >= 0.3 is 0 Å². The van der Waals surface area contributed by atoms with Crippen LogP contribution in [0.3, 0.4) is 0 Å². The summed E-state index contributed by atoms with van der Waals surface area (Å²) in [5, 5.41) is 2.72. The molecule has 0 aliphatic carbocycles. The second-order valence-electron chi connectivity index (χ2n) is 7.00. The first-order valence-electron chi connectivity index (χ1n) is 8.15. The molecule has 2 aliphatic rings. The lowest BCUT2D eigenvalue weighted by molar-refractivity contribution is -0.142. The van der Waals surface area contributed by atoms with Gasteiger partial charge in [-0.05, 0) is 45.4 Å². The van der Waals surface area contributed by atoms with E-state index in [2.05, 4.69) is 17.1 Å². The summed E-state index contributed by atoms with van der Waals surface area (Å²) in [6.07, 6.45) is 4.04. The summed E-state index contributed by atoms with van der Waals surface area (Å²) in [4.78, 5) is 29.1. The summed E-state index contributed by atoms with van der Waals surface area (Å²) in [6.45, 7) is 8.63. The standard InChI is InChI=1S/C16H29N3O2/c1-12-7-10-18(11-8-12)14(20)13-6-5-9-19(13)16(2,3)15(21)17-4/h12-13H,5-11H2,1-4H3,(H,17,21)/t13-/m0/s1. The molecule has 120 valence electrons. The highest BCUT2D eigenvalue weighted by atomic mass is 16.2. The maximum Gasteiger partial charge on any atom is 0.239 e.